The first-order valence-electron chi connectivity index (χ1n) is 6.16. The minimum atomic E-state index is 0.0319. The van der Waals surface area contributed by atoms with Gasteiger partial charge >= 0.3 is 0 Å². The molecule has 0 aliphatic rings. The third-order valence-corrected chi connectivity index (χ3v) is 3.00. The number of rotatable bonds is 5. The lowest BCUT2D eigenvalue weighted by atomic mass is 10.0. The van der Waals surface area contributed by atoms with Gasteiger partial charge in [-0.15, -0.1) is 0 Å². The molecule has 0 N–H and O–H groups in total. The summed E-state index contributed by atoms with van der Waals surface area (Å²) >= 11 is 4.11. The van der Waals surface area contributed by atoms with Gasteiger partial charge in [0.25, 0.3) is 0 Å². The molecule has 2 aromatic rings. The Morgan fingerprint density at radius 3 is 2.47 bits per heavy atom. The Hall–Kier alpha value is -1.74. The zero-order valence-electron chi connectivity index (χ0n) is 10.8. The molecule has 0 bridgehead atoms. The van der Waals surface area contributed by atoms with Crippen LogP contribution in [-0.2, 0) is 0 Å². The number of hydrogen-bond donors (Lipinski definition) is 1. The van der Waals surface area contributed by atoms with Crippen LogP contribution < -0.4 is 4.74 Å². The Morgan fingerprint density at radius 1 is 1.11 bits per heavy atom. The highest BCUT2D eigenvalue weighted by Crippen LogP contribution is 2.21. The lowest BCUT2D eigenvalue weighted by Crippen LogP contribution is -2.04. The molecule has 98 valence electrons. The van der Waals surface area contributed by atoms with Gasteiger partial charge in [0.2, 0.25) is 0 Å². The van der Waals surface area contributed by atoms with Gasteiger partial charge in [-0.1, -0.05) is 30.3 Å². The SMILES string of the molecule is Cc1cc(C(=O)c2ccccc2)ccc1OCCS. The van der Waals surface area contributed by atoms with Crippen molar-refractivity contribution in [2.75, 3.05) is 12.4 Å². The molecule has 0 heterocycles. The predicted octanol–water partition coefficient (Wildman–Crippen LogP) is 3.53. The standard InChI is InChI=1S/C16H16O2S/c1-12-11-14(7-8-15(12)18-9-10-19)16(17)13-5-3-2-4-6-13/h2-8,11,19H,9-10H2,1H3. The molecule has 0 radical (unpaired) electrons. The summed E-state index contributed by atoms with van der Waals surface area (Å²) in [6.07, 6.45) is 0. The molecular weight excluding hydrogens is 256 g/mol. The van der Waals surface area contributed by atoms with Gasteiger partial charge in [0.05, 0.1) is 6.61 Å². The molecule has 0 amide bonds. The van der Waals surface area contributed by atoms with Gasteiger partial charge in [-0.3, -0.25) is 4.79 Å². The summed E-state index contributed by atoms with van der Waals surface area (Å²) in [5, 5.41) is 0. The van der Waals surface area contributed by atoms with E-state index in [9.17, 15) is 4.79 Å². The Bertz CT molecular complexity index is 564. The van der Waals surface area contributed by atoms with E-state index in [2.05, 4.69) is 12.6 Å². The smallest absolute Gasteiger partial charge is 0.193 e. The number of thiol groups is 1. The molecule has 0 atom stereocenters. The van der Waals surface area contributed by atoms with Crippen LogP contribution in [0.4, 0.5) is 0 Å². The first kappa shape index (κ1) is 13.7. The summed E-state index contributed by atoms with van der Waals surface area (Å²) in [5.74, 6) is 1.51. The number of hydrogen-bond acceptors (Lipinski definition) is 3. The van der Waals surface area contributed by atoms with Crippen LogP contribution in [0.2, 0.25) is 0 Å². The highest BCUT2D eigenvalue weighted by Gasteiger charge is 2.10. The van der Waals surface area contributed by atoms with Crippen LogP contribution in [0.1, 0.15) is 21.5 Å². The van der Waals surface area contributed by atoms with Gasteiger partial charge in [-0.2, -0.15) is 12.6 Å². The minimum Gasteiger partial charge on any atom is -0.492 e. The number of carbonyl (C=O) groups excluding carboxylic acids is 1. The van der Waals surface area contributed by atoms with E-state index in [0.29, 0.717) is 23.5 Å². The Kier molecular flexibility index (Phi) is 4.63. The van der Waals surface area contributed by atoms with Gasteiger partial charge < -0.3 is 4.74 Å². The van der Waals surface area contributed by atoms with Crippen LogP contribution in [-0.4, -0.2) is 18.1 Å². The molecule has 2 nitrogen and oxygen atoms in total. The van der Waals surface area contributed by atoms with Crippen molar-refractivity contribution in [2.45, 2.75) is 6.92 Å². The van der Waals surface area contributed by atoms with Crippen molar-refractivity contribution in [1.82, 2.24) is 0 Å². The quantitative estimate of drug-likeness (QED) is 0.665. The zero-order valence-corrected chi connectivity index (χ0v) is 11.7. The zero-order chi connectivity index (χ0) is 13.7. The summed E-state index contributed by atoms with van der Waals surface area (Å²) in [5.41, 5.74) is 2.34. The second-order valence-corrected chi connectivity index (χ2v) is 4.69. The molecule has 0 saturated heterocycles. The molecule has 2 aromatic carbocycles. The van der Waals surface area contributed by atoms with Crippen molar-refractivity contribution in [3.63, 3.8) is 0 Å². The average Bonchev–Trinajstić information content (AvgIpc) is 2.46. The fraction of sp³-hybridized carbons (Fsp3) is 0.188. The Labute approximate surface area is 118 Å². The van der Waals surface area contributed by atoms with Crippen molar-refractivity contribution in [1.29, 1.82) is 0 Å². The Balaban J connectivity index is 2.22. The summed E-state index contributed by atoms with van der Waals surface area (Å²) in [6, 6.07) is 14.8. The average molecular weight is 272 g/mol. The van der Waals surface area contributed by atoms with Gasteiger partial charge in [0, 0.05) is 16.9 Å². The van der Waals surface area contributed by atoms with E-state index in [0.717, 1.165) is 11.3 Å². The lowest BCUT2D eigenvalue weighted by molar-refractivity contribution is 0.103. The maximum absolute atomic E-state index is 12.3. The van der Waals surface area contributed by atoms with Crippen molar-refractivity contribution >= 4 is 18.4 Å². The van der Waals surface area contributed by atoms with E-state index in [1.807, 2.05) is 49.4 Å². The first-order chi connectivity index (χ1) is 9.22. The summed E-state index contributed by atoms with van der Waals surface area (Å²) < 4.78 is 5.54. The highest BCUT2D eigenvalue weighted by molar-refractivity contribution is 7.80. The molecule has 0 aliphatic carbocycles. The third-order valence-electron chi connectivity index (χ3n) is 2.82. The van der Waals surface area contributed by atoms with Crippen LogP contribution in [0.5, 0.6) is 5.75 Å². The molecule has 0 saturated carbocycles. The second kappa shape index (κ2) is 6.43. The highest BCUT2D eigenvalue weighted by atomic mass is 32.1. The van der Waals surface area contributed by atoms with E-state index in [-0.39, 0.29) is 5.78 Å². The summed E-state index contributed by atoms with van der Waals surface area (Å²) in [4.78, 5) is 12.3. The van der Waals surface area contributed by atoms with Crippen LogP contribution >= 0.6 is 12.6 Å². The molecule has 2 rings (SSSR count). The van der Waals surface area contributed by atoms with E-state index < -0.39 is 0 Å². The van der Waals surface area contributed by atoms with Crippen molar-refractivity contribution in [3.8, 4) is 5.75 Å². The monoisotopic (exact) mass is 272 g/mol. The van der Waals surface area contributed by atoms with E-state index in [1.165, 1.54) is 0 Å². The van der Waals surface area contributed by atoms with Crippen LogP contribution in [0, 0.1) is 6.92 Å². The molecular formula is C16H16O2S. The maximum Gasteiger partial charge on any atom is 0.193 e. The van der Waals surface area contributed by atoms with Crippen LogP contribution in [0.3, 0.4) is 0 Å². The molecule has 3 heteroatoms. The maximum atomic E-state index is 12.3. The molecule has 0 aliphatic heterocycles. The number of ketones is 1. The number of carbonyl (C=O) groups is 1. The summed E-state index contributed by atoms with van der Waals surface area (Å²) in [7, 11) is 0. The van der Waals surface area contributed by atoms with Gasteiger partial charge in [0.15, 0.2) is 5.78 Å². The van der Waals surface area contributed by atoms with E-state index >= 15 is 0 Å². The van der Waals surface area contributed by atoms with E-state index in [4.69, 9.17) is 4.74 Å². The number of aryl methyl sites for hydroxylation is 1. The molecule has 0 unspecified atom stereocenters. The molecule has 0 spiro atoms. The first-order valence-corrected chi connectivity index (χ1v) is 6.79. The van der Waals surface area contributed by atoms with Gasteiger partial charge in [0.1, 0.15) is 5.75 Å². The van der Waals surface area contributed by atoms with Gasteiger partial charge in [-0.25, -0.2) is 0 Å². The van der Waals surface area contributed by atoms with Crippen molar-refractivity contribution in [3.05, 3.63) is 65.2 Å². The topological polar surface area (TPSA) is 26.3 Å². The van der Waals surface area contributed by atoms with Gasteiger partial charge in [-0.05, 0) is 30.7 Å². The molecule has 0 aromatic heterocycles. The van der Waals surface area contributed by atoms with Crippen molar-refractivity contribution in [2.24, 2.45) is 0 Å². The minimum absolute atomic E-state index is 0.0319. The largest absolute Gasteiger partial charge is 0.492 e. The van der Waals surface area contributed by atoms with Crippen LogP contribution in [0.25, 0.3) is 0 Å². The van der Waals surface area contributed by atoms with E-state index in [1.54, 1.807) is 6.07 Å². The van der Waals surface area contributed by atoms with Crippen LogP contribution in [0.15, 0.2) is 48.5 Å². The predicted molar refractivity (Wildman–Crippen MR) is 80.4 cm³/mol. The summed E-state index contributed by atoms with van der Waals surface area (Å²) in [6.45, 7) is 2.51. The molecule has 0 fully saturated rings. The second-order valence-electron chi connectivity index (χ2n) is 4.25. The third kappa shape index (κ3) is 3.38. The number of benzene rings is 2. The fourth-order valence-electron chi connectivity index (χ4n) is 1.86. The lowest BCUT2D eigenvalue weighted by Gasteiger charge is -2.09. The number of ether oxygens (including phenoxy) is 1. The Morgan fingerprint density at radius 2 is 1.84 bits per heavy atom. The van der Waals surface area contributed by atoms with Crippen molar-refractivity contribution < 1.29 is 9.53 Å². The molecule has 19 heavy (non-hydrogen) atoms. The normalized spacial score (nSPS) is 10.2. The fourth-order valence-corrected chi connectivity index (χ4v) is 1.96.